The van der Waals surface area contributed by atoms with Crippen LogP contribution in [0.2, 0.25) is 0 Å². The summed E-state index contributed by atoms with van der Waals surface area (Å²) in [5, 5.41) is 2.84. The van der Waals surface area contributed by atoms with Crippen LogP contribution in [-0.4, -0.2) is 9.83 Å². The van der Waals surface area contributed by atoms with Gasteiger partial charge in [0.15, 0.2) is 0 Å². The molecule has 1 rings (SSSR count). The number of aryl methyl sites for hydroxylation is 1. The summed E-state index contributed by atoms with van der Waals surface area (Å²) >= 11 is 2.09. The number of hydrogen-bond acceptors (Lipinski definition) is 1. The van der Waals surface area contributed by atoms with Gasteiger partial charge in [0, 0.05) is 5.69 Å². The molecule has 1 aromatic rings. The Morgan fingerprint density at radius 2 is 2.23 bits per heavy atom. The quantitative estimate of drug-likeness (QED) is 0.658. The number of benzene rings is 1. The zero-order valence-corrected chi connectivity index (χ0v) is 9.83. The number of amides is 1. The molecule has 0 spiro atoms. The number of alkyl halides is 1. The van der Waals surface area contributed by atoms with Crippen LogP contribution >= 0.6 is 22.6 Å². The van der Waals surface area contributed by atoms with Crippen molar-refractivity contribution < 1.29 is 4.79 Å². The summed E-state index contributed by atoms with van der Waals surface area (Å²) in [5.74, 6) is 0.0474. The molecule has 13 heavy (non-hydrogen) atoms. The Morgan fingerprint density at radius 3 is 2.77 bits per heavy atom. The van der Waals surface area contributed by atoms with Gasteiger partial charge in [0.25, 0.3) is 0 Å². The third-order valence-electron chi connectivity index (χ3n) is 1.65. The van der Waals surface area contributed by atoms with Crippen molar-refractivity contribution in [3.63, 3.8) is 0 Å². The summed E-state index contributed by atoms with van der Waals surface area (Å²) < 4.78 is -0.00175. The molecular weight excluding hydrogens is 277 g/mol. The Hall–Kier alpha value is -0.580. The zero-order chi connectivity index (χ0) is 9.84. The third-order valence-corrected chi connectivity index (χ3v) is 2.21. The number of carbonyl (C=O) groups is 1. The fourth-order valence-corrected chi connectivity index (χ4v) is 1.12. The van der Waals surface area contributed by atoms with Crippen LogP contribution in [-0.2, 0) is 4.79 Å². The van der Waals surface area contributed by atoms with E-state index in [4.69, 9.17) is 0 Å². The van der Waals surface area contributed by atoms with Crippen LogP contribution < -0.4 is 5.32 Å². The first-order valence-corrected chi connectivity index (χ1v) is 5.36. The van der Waals surface area contributed by atoms with E-state index in [9.17, 15) is 4.79 Å². The summed E-state index contributed by atoms with van der Waals surface area (Å²) in [4.78, 5) is 11.3. The van der Waals surface area contributed by atoms with E-state index >= 15 is 0 Å². The van der Waals surface area contributed by atoms with E-state index in [0.717, 1.165) is 11.3 Å². The van der Waals surface area contributed by atoms with Gasteiger partial charge >= 0.3 is 0 Å². The number of nitrogens with one attached hydrogen (secondary N) is 1. The number of carbonyl (C=O) groups excluding carboxylic acids is 1. The first kappa shape index (κ1) is 10.5. The Bertz CT molecular complexity index is 310. The van der Waals surface area contributed by atoms with E-state index in [0.29, 0.717) is 0 Å². The van der Waals surface area contributed by atoms with Gasteiger partial charge in [0.05, 0.1) is 3.92 Å². The summed E-state index contributed by atoms with van der Waals surface area (Å²) in [5.41, 5.74) is 2.02. The molecule has 0 aliphatic rings. The Labute approximate surface area is 91.9 Å². The van der Waals surface area contributed by atoms with Crippen molar-refractivity contribution in [1.29, 1.82) is 0 Å². The van der Waals surface area contributed by atoms with Crippen molar-refractivity contribution in [3.8, 4) is 0 Å². The lowest BCUT2D eigenvalue weighted by Crippen LogP contribution is -2.19. The molecule has 0 fully saturated rings. The molecule has 1 amide bonds. The van der Waals surface area contributed by atoms with Gasteiger partial charge in [0.2, 0.25) is 5.91 Å². The molecule has 1 N–H and O–H groups in total. The highest BCUT2D eigenvalue weighted by Crippen LogP contribution is 2.11. The number of halogens is 1. The molecule has 0 saturated heterocycles. The number of hydrogen-bond donors (Lipinski definition) is 1. The number of rotatable bonds is 2. The maximum absolute atomic E-state index is 11.3. The van der Waals surface area contributed by atoms with E-state index in [1.54, 1.807) is 0 Å². The van der Waals surface area contributed by atoms with Gasteiger partial charge in [-0.1, -0.05) is 34.7 Å². The number of anilines is 1. The maximum Gasteiger partial charge on any atom is 0.237 e. The molecule has 0 aliphatic carbocycles. The summed E-state index contributed by atoms with van der Waals surface area (Å²) in [6, 6.07) is 7.78. The molecule has 3 heteroatoms. The summed E-state index contributed by atoms with van der Waals surface area (Å²) in [6.07, 6.45) is 0. The molecule has 1 unspecified atom stereocenters. The summed E-state index contributed by atoms with van der Waals surface area (Å²) in [7, 11) is 0. The van der Waals surface area contributed by atoms with Gasteiger partial charge in [-0.3, -0.25) is 4.79 Å². The highest BCUT2D eigenvalue weighted by molar-refractivity contribution is 14.1. The molecule has 1 atom stereocenters. The third kappa shape index (κ3) is 3.34. The Morgan fingerprint density at radius 1 is 1.54 bits per heavy atom. The van der Waals surface area contributed by atoms with Gasteiger partial charge < -0.3 is 5.32 Å². The van der Waals surface area contributed by atoms with Crippen LogP contribution in [0.5, 0.6) is 0 Å². The van der Waals surface area contributed by atoms with Crippen molar-refractivity contribution in [1.82, 2.24) is 0 Å². The van der Waals surface area contributed by atoms with Gasteiger partial charge in [-0.15, -0.1) is 0 Å². The minimum absolute atomic E-state index is 0.00175. The SMILES string of the molecule is Cc1cccc(NC(=O)C(C)I)c1. The van der Waals surface area contributed by atoms with Crippen molar-refractivity contribution in [2.75, 3.05) is 5.32 Å². The van der Waals surface area contributed by atoms with Crippen LogP contribution in [0.15, 0.2) is 24.3 Å². The van der Waals surface area contributed by atoms with Crippen LogP contribution in [0.1, 0.15) is 12.5 Å². The molecule has 0 heterocycles. The highest BCUT2D eigenvalue weighted by Gasteiger charge is 2.07. The van der Waals surface area contributed by atoms with Crippen LogP contribution in [0, 0.1) is 6.92 Å². The first-order valence-electron chi connectivity index (χ1n) is 4.11. The second-order valence-electron chi connectivity index (χ2n) is 2.97. The van der Waals surface area contributed by atoms with Gasteiger partial charge in [-0.25, -0.2) is 0 Å². The van der Waals surface area contributed by atoms with Crippen LogP contribution in [0.25, 0.3) is 0 Å². The van der Waals surface area contributed by atoms with Crippen molar-refractivity contribution in [2.45, 2.75) is 17.8 Å². The summed E-state index contributed by atoms with van der Waals surface area (Å²) in [6.45, 7) is 3.87. The maximum atomic E-state index is 11.3. The second-order valence-corrected chi connectivity index (χ2v) is 4.84. The van der Waals surface area contributed by atoms with Crippen molar-refractivity contribution in [3.05, 3.63) is 29.8 Å². The van der Waals surface area contributed by atoms with Crippen LogP contribution in [0.3, 0.4) is 0 Å². The van der Waals surface area contributed by atoms with E-state index in [2.05, 4.69) is 27.9 Å². The molecule has 0 aliphatic heterocycles. The average molecular weight is 289 g/mol. The second kappa shape index (κ2) is 4.60. The van der Waals surface area contributed by atoms with E-state index in [-0.39, 0.29) is 9.83 Å². The first-order chi connectivity index (χ1) is 6.09. The molecule has 1 aromatic carbocycles. The average Bonchev–Trinajstić information content (AvgIpc) is 2.04. The van der Waals surface area contributed by atoms with Gasteiger partial charge in [0.1, 0.15) is 0 Å². The monoisotopic (exact) mass is 289 g/mol. The van der Waals surface area contributed by atoms with E-state index in [1.165, 1.54) is 0 Å². The predicted octanol–water partition coefficient (Wildman–Crippen LogP) is 2.76. The molecule has 0 bridgehead atoms. The fourth-order valence-electron chi connectivity index (χ4n) is 0.965. The Kier molecular flexibility index (Phi) is 3.71. The lowest BCUT2D eigenvalue weighted by atomic mass is 10.2. The standard InChI is InChI=1S/C10H12INO/c1-7-4-3-5-9(6-7)12-10(13)8(2)11/h3-6,8H,1-2H3,(H,12,13). The van der Waals surface area contributed by atoms with Crippen molar-refractivity contribution in [2.24, 2.45) is 0 Å². The minimum Gasteiger partial charge on any atom is -0.325 e. The smallest absolute Gasteiger partial charge is 0.237 e. The Balaban J connectivity index is 2.69. The minimum atomic E-state index is -0.00175. The predicted molar refractivity (Wildman–Crippen MR) is 63.3 cm³/mol. The molecule has 0 radical (unpaired) electrons. The van der Waals surface area contributed by atoms with Gasteiger partial charge in [-0.2, -0.15) is 0 Å². The fraction of sp³-hybridized carbons (Fsp3) is 0.300. The van der Waals surface area contributed by atoms with E-state index < -0.39 is 0 Å². The van der Waals surface area contributed by atoms with Crippen molar-refractivity contribution >= 4 is 34.2 Å². The largest absolute Gasteiger partial charge is 0.325 e. The van der Waals surface area contributed by atoms with Crippen LogP contribution in [0.4, 0.5) is 5.69 Å². The normalized spacial score (nSPS) is 12.2. The molecule has 70 valence electrons. The lowest BCUT2D eigenvalue weighted by Gasteiger charge is -2.06. The van der Waals surface area contributed by atoms with Gasteiger partial charge in [-0.05, 0) is 31.5 Å². The van der Waals surface area contributed by atoms with E-state index in [1.807, 2.05) is 38.1 Å². The zero-order valence-electron chi connectivity index (χ0n) is 7.67. The topological polar surface area (TPSA) is 29.1 Å². The highest BCUT2D eigenvalue weighted by atomic mass is 127. The molecule has 0 saturated carbocycles. The molecular formula is C10H12INO. The lowest BCUT2D eigenvalue weighted by molar-refractivity contribution is -0.115. The molecule has 0 aromatic heterocycles. The molecule has 2 nitrogen and oxygen atoms in total.